The van der Waals surface area contributed by atoms with Crippen LogP contribution in [-0.4, -0.2) is 36.2 Å². The van der Waals surface area contributed by atoms with E-state index in [1.54, 1.807) is 43.3 Å². The van der Waals surface area contributed by atoms with Crippen LogP contribution in [-0.2, 0) is 16.1 Å². The monoisotopic (exact) mass is 592 g/mol. The largest absolute Gasteiger partial charge is 0.490 e. The number of nitrogens with zero attached hydrogens (tertiary/aromatic N) is 1. The van der Waals surface area contributed by atoms with Gasteiger partial charge in [0.05, 0.1) is 24.3 Å². The van der Waals surface area contributed by atoms with E-state index in [2.05, 4.69) is 21.2 Å². The van der Waals surface area contributed by atoms with E-state index >= 15 is 0 Å². The smallest absolute Gasteiger partial charge is 0.338 e. The minimum atomic E-state index is -1.01. The number of carboxylic acid groups (broad SMARTS) is 1. The van der Waals surface area contributed by atoms with Gasteiger partial charge < -0.3 is 24.6 Å². The van der Waals surface area contributed by atoms with Crippen LogP contribution in [0.25, 0.3) is 6.08 Å². The van der Waals surface area contributed by atoms with E-state index < -0.39 is 17.8 Å². The first-order valence-electron chi connectivity index (χ1n) is 11.9. The lowest BCUT2D eigenvalue weighted by atomic mass is 10.1. The highest BCUT2D eigenvalue weighted by Crippen LogP contribution is 2.35. The Labute approximate surface area is 233 Å². The van der Waals surface area contributed by atoms with Gasteiger partial charge in [-0.3, -0.25) is 4.79 Å². The number of rotatable bonds is 11. The second-order valence-corrected chi connectivity index (χ2v) is 8.82. The number of hydrogen-bond donors (Lipinski definition) is 2. The predicted octanol–water partition coefficient (Wildman–Crippen LogP) is 5.85. The quantitative estimate of drug-likeness (QED) is 0.161. The average Bonchev–Trinajstić information content (AvgIpc) is 2.93. The van der Waals surface area contributed by atoms with Gasteiger partial charge in [0.15, 0.2) is 11.5 Å². The summed E-state index contributed by atoms with van der Waals surface area (Å²) in [4.78, 5) is 35.6. The Morgan fingerprint density at radius 2 is 1.59 bits per heavy atom. The van der Waals surface area contributed by atoms with Crippen molar-refractivity contribution >= 4 is 45.5 Å². The van der Waals surface area contributed by atoms with E-state index in [-0.39, 0.29) is 24.4 Å². The van der Waals surface area contributed by atoms with Crippen LogP contribution in [0.4, 0.5) is 5.69 Å². The molecule has 3 rings (SSSR count). The molecule has 0 aliphatic carbocycles. The number of nitrogens with one attached hydrogen (secondary N) is 1. The molecule has 9 nitrogen and oxygen atoms in total. The van der Waals surface area contributed by atoms with Crippen molar-refractivity contribution in [3.8, 4) is 17.6 Å². The van der Waals surface area contributed by atoms with Crippen molar-refractivity contribution in [2.24, 2.45) is 0 Å². The van der Waals surface area contributed by atoms with E-state index in [4.69, 9.17) is 19.3 Å². The normalized spacial score (nSPS) is 10.8. The van der Waals surface area contributed by atoms with Crippen molar-refractivity contribution in [1.82, 2.24) is 0 Å². The highest BCUT2D eigenvalue weighted by Gasteiger charge is 2.15. The molecular formula is C29H25BrN2O7. The maximum absolute atomic E-state index is 12.8. The molecule has 10 heteroatoms. The van der Waals surface area contributed by atoms with Gasteiger partial charge in [0.25, 0.3) is 5.91 Å². The van der Waals surface area contributed by atoms with E-state index in [1.165, 1.54) is 30.3 Å². The molecule has 3 aromatic carbocycles. The van der Waals surface area contributed by atoms with Gasteiger partial charge in [-0.05, 0) is 79.6 Å². The summed E-state index contributed by atoms with van der Waals surface area (Å²) in [6.45, 7) is 4.30. The van der Waals surface area contributed by atoms with Gasteiger partial charge in [-0.2, -0.15) is 5.26 Å². The first-order valence-corrected chi connectivity index (χ1v) is 12.7. The number of anilines is 1. The number of benzene rings is 3. The van der Waals surface area contributed by atoms with E-state index in [0.29, 0.717) is 39.4 Å². The fourth-order valence-electron chi connectivity index (χ4n) is 3.35. The lowest BCUT2D eigenvalue weighted by molar-refractivity contribution is -0.112. The van der Waals surface area contributed by atoms with Gasteiger partial charge in [-0.15, -0.1) is 0 Å². The summed E-state index contributed by atoms with van der Waals surface area (Å²) in [5, 5.41) is 21.3. The number of nitriles is 1. The molecule has 0 saturated heterocycles. The third-order valence-electron chi connectivity index (χ3n) is 5.28. The minimum Gasteiger partial charge on any atom is -0.490 e. The Kier molecular flexibility index (Phi) is 10.2. The van der Waals surface area contributed by atoms with Crippen LogP contribution >= 0.6 is 15.9 Å². The van der Waals surface area contributed by atoms with E-state index in [0.717, 1.165) is 5.56 Å². The standard InChI is InChI=1S/C29H25BrN2O7/c1-3-37-25-14-21(24(30)15-26(25)39-17-18-5-7-19(8-6-18)28(34)35)13-22(16-31)27(33)32-23-11-9-20(10-12-23)29(36)38-4-2/h5-15H,3-4,17H2,1-2H3,(H,32,33)(H,34,35)/b22-13+. The van der Waals surface area contributed by atoms with Gasteiger partial charge in [0, 0.05) is 10.2 Å². The summed E-state index contributed by atoms with van der Waals surface area (Å²) < 4.78 is 17.1. The zero-order valence-corrected chi connectivity index (χ0v) is 22.8. The first-order chi connectivity index (χ1) is 18.7. The molecule has 0 bridgehead atoms. The molecule has 39 heavy (non-hydrogen) atoms. The van der Waals surface area contributed by atoms with Crippen molar-refractivity contribution in [1.29, 1.82) is 5.26 Å². The summed E-state index contributed by atoms with van der Waals surface area (Å²) in [5.74, 6) is -1.27. The fraction of sp³-hybridized carbons (Fsp3) is 0.172. The zero-order valence-electron chi connectivity index (χ0n) is 21.2. The number of amides is 1. The van der Waals surface area contributed by atoms with E-state index in [1.807, 2.05) is 13.0 Å². The van der Waals surface area contributed by atoms with Crippen LogP contribution in [0.3, 0.4) is 0 Å². The zero-order chi connectivity index (χ0) is 28.4. The minimum absolute atomic E-state index is 0.153. The predicted molar refractivity (Wildman–Crippen MR) is 148 cm³/mol. The molecule has 0 spiro atoms. The van der Waals surface area contributed by atoms with Gasteiger partial charge in [-0.1, -0.05) is 28.1 Å². The maximum atomic E-state index is 12.8. The topological polar surface area (TPSA) is 135 Å². The number of carbonyl (C=O) groups excluding carboxylic acids is 2. The van der Waals surface area contributed by atoms with Crippen LogP contribution in [0.5, 0.6) is 11.5 Å². The molecule has 1 amide bonds. The molecule has 0 fully saturated rings. The maximum Gasteiger partial charge on any atom is 0.338 e. The number of carboxylic acids is 1. The molecule has 200 valence electrons. The summed E-state index contributed by atoms with van der Waals surface area (Å²) in [6.07, 6.45) is 1.42. The molecule has 0 unspecified atom stereocenters. The number of carbonyl (C=O) groups is 3. The number of aromatic carboxylic acids is 1. The average molecular weight is 593 g/mol. The summed E-state index contributed by atoms with van der Waals surface area (Å²) in [6, 6.07) is 17.7. The van der Waals surface area contributed by atoms with Gasteiger partial charge in [0.1, 0.15) is 18.2 Å². The van der Waals surface area contributed by atoms with Gasteiger partial charge in [-0.25, -0.2) is 9.59 Å². The summed E-state index contributed by atoms with van der Waals surface area (Å²) in [7, 11) is 0. The van der Waals surface area contributed by atoms with Crippen molar-refractivity contribution in [3.05, 3.63) is 93.0 Å². The summed E-state index contributed by atoms with van der Waals surface area (Å²) >= 11 is 3.46. The van der Waals surface area contributed by atoms with Crippen LogP contribution in [0.15, 0.2) is 70.7 Å². The molecule has 2 N–H and O–H groups in total. The first kappa shape index (κ1) is 28.9. The Balaban J connectivity index is 1.78. The van der Waals surface area contributed by atoms with Crippen LogP contribution in [0.2, 0.25) is 0 Å². The number of hydrogen-bond acceptors (Lipinski definition) is 7. The molecule has 3 aromatic rings. The Morgan fingerprint density at radius 1 is 0.949 bits per heavy atom. The SMILES string of the molecule is CCOC(=O)c1ccc(NC(=O)/C(C#N)=C/c2cc(OCC)c(OCc3ccc(C(=O)O)cc3)cc2Br)cc1. The second kappa shape index (κ2) is 13.8. The van der Waals surface area contributed by atoms with Crippen LogP contribution in [0, 0.1) is 11.3 Å². The molecule has 0 heterocycles. The Hall–Kier alpha value is -4.62. The van der Waals surface area contributed by atoms with Crippen LogP contribution in [0.1, 0.15) is 45.7 Å². The summed E-state index contributed by atoms with van der Waals surface area (Å²) in [5.41, 5.74) is 2.06. The van der Waals surface area contributed by atoms with Gasteiger partial charge >= 0.3 is 11.9 Å². The molecule has 0 radical (unpaired) electrons. The third kappa shape index (κ3) is 7.93. The highest BCUT2D eigenvalue weighted by molar-refractivity contribution is 9.10. The molecule has 0 atom stereocenters. The number of ether oxygens (including phenoxy) is 3. The fourth-order valence-corrected chi connectivity index (χ4v) is 3.79. The van der Waals surface area contributed by atoms with Crippen molar-refractivity contribution in [3.63, 3.8) is 0 Å². The molecule has 0 saturated carbocycles. The van der Waals surface area contributed by atoms with Crippen molar-refractivity contribution in [2.75, 3.05) is 18.5 Å². The van der Waals surface area contributed by atoms with Gasteiger partial charge in [0.2, 0.25) is 0 Å². The molecule has 0 aromatic heterocycles. The number of esters is 1. The molecule has 0 aliphatic rings. The van der Waals surface area contributed by atoms with E-state index in [9.17, 15) is 19.6 Å². The number of halogens is 1. The lowest BCUT2D eigenvalue weighted by Crippen LogP contribution is -2.13. The van der Waals surface area contributed by atoms with Crippen molar-refractivity contribution in [2.45, 2.75) is 20.5 Å². The Morgan fingerprint density at radius 3 is 2.18 bits per heavy atom. The second-order valence-electron chi connectivity index (χ2n) is 7.97. The molecular weight excluding hydrogens is 568 g/mol. The third-order valence-corrected chi connectivity index (χ3v) is 5.96. The van der Waals surface area contributed by atoms with Crippen molar-refractivity contribution < 1.29 is 33.7 Å². The lowest BCUT2D eigenvalue weighted by Gasteiger charge is -2.14. The highest BCUT2D eigenvalue weighted by atomic mass is 79.9. The van der Waals surface area contributed by atoms with Crippen LogP contribution < -0.4 is 14.8 Å². The Bertz CT molecular complexity index is 1430. The molecule has 0 aliphatic heterocycles.